The van der Waals surface area contributed by atoms with Gasteiger partial charge in [0.15, 0.2) is 5.13 Å². The van der Waals surface area contributed by atoms with Crippen molar-refractivity contribution in [2.75, 3.05) is 11.5 Å². The van der Waals surface area contributed by atoms with E-state index in [4.69, 9.17) is 16.3 Å². The van der Waals surface area contributed by atoms with E-state index in [1.807, 2.05) is 0 Å². The first-order chi connectivity index (χ1) is 16.2. The van der Waals surface area contributed by atoms with E-state index < -0.39 is 35.3 Å². The van der Waals surface area contributed by atoms with Crippen LogP contribution in [0.1, 0.15) is 39.5 Å². The van der Waals surface area contributed by atoms with E-state index in [-0.39, 0.29) is 33.3 Å². The monoisotopic (exact) mass is 500 g/mol. The summed E-state index contributed by atoms with van der Waals surface area (Å²) in [5.41, 5.74) is 0.210. The number of ether oxygens (including phenoxy) is 1. The van der Waals surface area contributed by atoms with E-state index in [2.05, 4.69) is 4.98 Å². The normalized spacial score (nSPS) is 17.3. The van der Waals surface area contributed by atoms with Gasteiger partial charge in [-0.3, -0.25) is 14.5 Å². The molecule has 1 amide bonds. The number of nitrogens with zero attached hydrogens (tertiary/aromatic N) is 2. The van der Waals surface area contributed by atoms with Gasteiger partial charge in [0.05, 0.1) is 17.9 Å². The highest BCUT2D eigenvalue weighted by molar-refractivity contribution is 7.17. The highest BCUT2D eigenvalue weighted by atomic mass is 35.5. The van der Waals surface area contributed by atoms with Crippen molar-refractivity contribution in [2.24, 2.45) is 0 Å². The van der Waals surface area contributed by atoms with Gasteiger partial charge in [0.25, 0.3) is 5.78 Å². The third-order valence-corrected chi connectivity index (χ3v) is 6.60. The first kappa shape index (κ1) is 23.6. The Morgan fingerprint density at radius 1 is 1.21 bits per heavy atom. The van der Waals surface area contributed by atoms with Crippen molar-refractivity contribution in [1.82, 2.24) is 4.98 Å². The van der Waals surface area contributed by atoms with E-state index in [1.54, 1.807) is 19.9 Å². The third-order valence-electron chi connectivity index (χ3n) is 5.21. The Morgan fingerprint density at radius 3 is 2.53 bits per heavy atom. The van der Waals surface area contributed by atoms with Crippen molar-refractivity contribution in [3.8, 4) is 0 Å². The molecule has 2 heterocycles. The molecule has 0 bridgehead atoms. The molecule has 1 saturated heterocycles. The number of rotatable bonds is 5. The number of aliphatic hydroxyl groups is 1. The summed E-state index contributed by atoms with van der Waals surface area (Å²) in [7, 11) is 0. The Labute approximate surface area is 203 Å². The Hall–Kier alpha value is -3.56. The van der Waals surface area contributed by atoms with Crippen LogP contribution in [0.15, 0.2) is 54.1 Å². The van der Waals surface area contributed by atoms with E-state index in [1.165, 1.54) is 42.5 Å². The molecule has 1 aromatic heterocycles. The van der Waals surface area contributed by atoms with Crippen LogP contribution >= 0.6 is 22.9 Å². The largest absolute Gasteiger partial charge is 0.507 e. The maximum absolute atomic E-state index is 14.9. The number of aliphatic hydroxyl groups excluding tert-OH is 1. The molecular weight excluding hydrogens is 483 g/mol. The number of carbonyl (C=O) groups excluding carboxylic acids is 3. The van der Waals surface area contributed by atoms with Gasteiger partial charge in [-0.15, -0.1) is 0 Å². The molecule has 1 aliphatic heterocycles. The van der Waals surface area contributed by atoms with Gasteiger partial charge < -0.3 is 9.84 Å². The standard InChI is InChI=1S/C24H18ClFN2O5S/c1-3-33-23(32)21-12(2)27-24(34-21)28-18(15-6-4-5-7-16(15)26)17(20(30)22(28)31)19(29)13-8-10-14(25)11-9-13/h4-11,18,29H,3H2,1-2H3/b19-17+. The summed E-state index contributed by atoms with van der Waals surface area (Å²) in [4.78, 5) is 44.0. The van der Waals surface area contributed by atoms with Gasteiger partial charge >= 0.3 is 11.9 Å². The van der Waals surface area contributed by atoms with Gasteiger partial charge in [-0.1, -0.05) is 41.1 Å². The Kier molecular flexibility index (Phi) is 6.49. The predicted octanol–water partition coefficient (Wildman–Crippen LogP) is 5.05. The van der Waals surface area contributed by atoms with Crippen molar-refractivity contribution in [3.63, 3.8) is 0 Å². The number of halogens is 2. The van der Waals surface area contributed by atoms with Gasteiger partial charge in [0, 0.05) is 16.1 Å². The van der Waals surface area contributed by atoms with Gasteiger partial charge in [-0.05, 0) is 44.2 Å². The first-order valence-electron chi connectivity index (χ1n) is 10.2. The number of ketones is 1. The quantitative estimate of drug-likeness (QED) is 0.228. The van der Waals surface area contributed by atoms with Gasteiger partial charge in [-0.25, -0.2) is 14.2 Å². The number of hydrogen-bond donors (Lipinski definition) is 1. The van der Waals surface area contributed by atoms with Crippen LogP contribution in [0.3, 0.4) is 0 Å². The summed E-state index contributed by atoms with van der Waals surface area (Å²) in [5.74, 6) is -3.80. The number of Topliss-reactive ketones (excluding diaryl/α,β-unsaturated/α-hetero) is 1. The van der Waals surface area contributed by atoms with Crippen molar-refractivity contribution < 1.29 is 28.6 Å². The number of anilines is 1. The summed E-state index contributed by atoms with van der Waals surface area (Å²) in [6.45, 7) is 3.36. The fraction of sp³-hybridized carbons (Fsp3) is 0.167. The van der Waals surface area contributed by atoms with Crippen LogP contribution in [0, 0.1) is 12.7 Å². The minimum Gasteiger partial charge on any atom is -0.507 e. The molecule has 0 aliphatic carbocycles. The topological polar surface area (TPSA) is 96.8 Å². The van der Waals surface area contributed by atoms with E-state index in [0.29, 0.717) is 10.7 Å². The molecule has 174 valence electrons. The smallest absolute Gasteiger partial charge is 0.350 e. The fourth-order valence-electron chi connectivity index (χ4n) is 3.66. The second-order valence-electron chi connectivity index (χ2n) is 7.33. The van der Waals surface area contributed by atoms with E-state index in [9.17, 15) is 23.9 Å². The van der Waals surface area contributed by atoms with Crippen LogP contribution < -0.4 is 4.90 Å². The number of amides is 1. The molecule has 0 spiro atoms. The van der Waals surface area contributed by atoms with Crippen molar-refractivity contribution in [1.29, 1.82) is 0 Å². The number of aryl methyl sites for hydroxylation is 1. The number of aromatic nitrogens is 1. The van der Waals surface area contributed by atoms with Crippen molar-refractivity contribution >= 4 is 51.5 Å². The maximum Gasteiger partial charge on any atom is 0.350 e. The van der Waals surface area contributed by atoms with Gasteiger partial charge in [-0.2, -0.15) is 0 Å². The zero-order valence-electron chi connectivity index (χ0n) is 18.0. The zero-order chi connectivity index (χ0) is 24.6. The Bertz CT molecular complexity index is 1340. The second-order valence-corrected chi connectivity index (χ2v) is 8.74. The minimum atomic E-state index is -1.31. The molecule has 4 rings (SSSR count). The number of thiazole rings is 1. The molecule has 0 saturated carbocycles. The lowest BCUT2D eigenvalue weighted by Gasteiger charge is -2.23. The number of benzene rings is 2. The van der Waals surface area contributed by atoms with Crippen LogP contribution in [-0.4, -0.2) is 34.4 Å². The molecule has 3 aromatic rings. The Morgan fingerprint density at radius 2 is 1.88 bits per heavy atom. The molecule has 0 radical (unpaired) electrons. The lowest BCUT2D eigenvalue weighted by Crippen LogP contribution is -2.29. The molecule has 1 aliphatic rings. The summed E-state index contributed by atoms with van der Waals surface area (Å²) >= 11 is 6.77. The lowest BCUT2D eigenvalue weighted by molar-refractivity contribution is -0.132. The third kappa shape index (κ3) is 4.08. The van der Waals surface area contributed by atoms with Crippen LogP contribution in [-0.2, 0) is 14.3 Å². The second kappa shape index (κ2) is 9.36. The van der Waals surface area contributed by atoms with Crippen molar-refractivity contribution in [2.45, 2.75) is 19.9 Å². The van der Waals surface area contributed by atoms with Gasteiger partial charge in [0.1, 0.15) is 22.5 Å². The highest BCUT2D eigenvalue weighted by Crippen LogP contribution is 2.44. The predicted molar refractivity (Wildman–Crippen MR) is 125 cm³/mol. The Balaban J connectivity index is 1.93. The van der Waals surface area contributed by atoms with Crippen molar-refractivity contribution in [3.05, 3.63) is 86.6 Å². The van der Waals surface area contributed by atoms with Gasteiger partial charge in [0.2, 0.25) is 0 Å². The fourth-order valence-corrected chi connectivity index (χ4v) is 4.77. The first-order valence-corrected chi connectivity index (χ1v) is 11.4. The van der Waals surface area contributed by atoms with E-state index in [0.717, 1.165) is 16.2 Å². The lowest BCUT2D eigenvalue weighted by atomic mass is 9.95. The zero-order valence-corrected chi connectivity index (χ0v) is 19.6. The number of carbonyl (C=O) groups is 3. The number of esters is 1. The van der Waals surface area contributed by atoms with Crippen LogP contribution in [0.4, 0.5) is 9.52 Å². The van der Waals surface area contributed by atoms with Crippen LogP contribution in [0.25, 0.3) is 5.76 Å². The average molecular weight is 501 g/mol. The molecule has 7 nitrogen and oxygen atoms in total. The molecule has 10 heteroatoms. The molecule has 1 fully saturated rings. The molecule has 2 aromatic carbocycles. The number of hydrogen-bond acceptors (Lipinski definition) is 7. The average Bonchev–Trinajstić information content (AvgIpc) is 3.31. The maximum atomic E-state index is 14.9. The summed E-state index contributed by atoms with van der Waals surface area (Å²) in [6, 6.07) is 10.3. The molecule has 1 N–H and O–H groups in total. The molecule has 1 unspecified atom stereocenters. The van der Waals surface area contributed by atoms with E-state index >= 15 is 0 Å². The minimum absolute atomic E-state index is 0.00561. The highest BCUT2D eigenvalue weighted by Gasteiger charge is 2.49. The summed E-state index contributed by atoms with van der Waals surface area (Å²) in [5, 5.41) is 11.4. The summed E-state index contributed by atoms with van der Waals surface area (Å²) < 4.78 is 20.0. The van der Waals surface area contributed by atoms with Crippen LogP contribution in [0.5, 0.6) is 0 Å². The van der Waals surface area contributed by atoms with Crippen LogP contribution in [0.2, 0.25) is 5.02 Å². The molecule has 34 heavy (non-hydrogen) atoms. The molecular formula is C24H18ClFN2O5S. The summed E-state index contributed by atoms with van der Waals surface area (Å²) in [6.07, 6.45) is 0. The SMILES string of the molecule is CCOC(=O)c1sc(N2C(=O)C(=O)/C(=C(/O)c3ccc(Cl)cc3)C2c2ccccc2F)nc1C. The molecule has 1 atom stereocenters.